The Balaban J connectivity index is 1.56. The fourth-order valence-electron chi connectivity index (χ4n) is 2.76. The number of hydrogen-bond donors (Lipinski definition) is 1. The van der Waals surface area contributed by atoms with Gasteiger partial charge in [0.2, 0.25) is 0 Å². The number of carbonyl (C=O) groups excluding carboxylic acids is 1. The number of nitrogens with zero attached hydrogens (tertiary/aromatic N) is 2. The number of halogens is 3. The van der Waals surface area contributed by atoms with Crippen LogP contribution in [0.5, 0.6) is 0 Å². The normalized spacial score (nSPS) is 10.8. The van der Waals surface area contributed by atoms with Gasteiger partial charge in [-0.05, 0) is 65.2 Å². The van der Waals surface area contributed by atoms with Crippen LogP contribution in [0.2, 0.25) is 0 Å². The van der Waals surface area contributed by atoms with Crippen LogP contribution in [0.3, 0.4) is 0 Å². The zero-order valence-corrected chi connectivity index (χ0v) is 16.3. The molecular formula is C20H18BrF2N3O. The number of amides is 1. The summed E-state index contributed by atoms with van der Waals surface area (Å²) in [5.74, 6) is -0.870. The van der Waals surface area contributed by atoms with Crippen LogP contribution < -0.4 is 0 Å². The molecule has 0 atom stereocenters. The summed E-state index contributed by atoms with van der Waals surface area (Å²) in [4.78, 5) is 14.1. The number of aromatic nitrogens is 2. The molecule has 0 radical (unpaired) electrons. The lowest BCUT2D eigenvalue weighted by Gasteiger charge is -2.17. The summed E-state index contributed by atoms with van der Waals surface area (Å²) in [6.45, 7) is 0.539. The van der Waals surface area contributed by atoms with Crippen molar-refractivity contribution in [1.82, 2.24) is 15.1 Å². The van der Waals surface area contributed by atoms with Gasteiger partial charge in [0.25, 0.3) is 5.91 Å². The lowest BCUT2D eigenvalue weighted by Crippen LogP contribution is -2.28. The lowest BCUT2D eigenvalue weighted by atomic mass is 10.1. The maximum absolute atomic E-state index is 13.3. The monoisotopic (exact) mass is 433 g/mol. The number of hydrogen-bond acceptors (Lipinski definition) is 2. The van der Waals surface area contributed by atoms with Crippen molar-refractivity contribution in [3.05, 3.63) is 75.9 Å². The topological polar surface area (TPSA) is 49.0 Å². The second-order valence-corrected chi connectivity index (χ2v) is 7.10. The average Bonchev–Trinajstić information content (AvgIpc) is 3.10. The Kier molecular flexibility index (Phi) is 6.01. The van der Waals surface area contributed by atoms with E-state index in [0.717, 1.165) is 12.1 Å². The van der Waals surface area contributed by atoms with E-state index in [2.05, 4.69) is 26.1 Å². The summed E-state index contributed by atoms with van der Waals surface area (Å²) >= 11 is 3.22. The predicted molar refractivity (Wildman–Crippen MR) is 103 cm³/mol. The van der Waals surface area contributed by atoms with Gasteiger partial charge in [-0.15, -0.1) is 0 Å². The largest absolute Gasteiger partial charge is 0.342 e. The average molecular weight is 434 g/mol. The van der Waals surface area contributed by atoms with Crippen molar-refractivity contribution >= 4 is 21.8 Å². The Morgan fingerprint density at radius 2 is 1.93 bits per heavy atom. The van der Waals surface area contributed by atoms with Gasteiger partial charge in [-0.25, -0.2) is 8.78 Å². The molecule has 0 aliphatic rings. The van der Waals surface area contributed by atoms with Gasteiger partial charge in [0, 0.05) is 29.3 Å². The fraction of sp³-hybridized carbons (Fsp3) is 0.200. The van der Waals surface area contributed by atoms with E-state index >= 15 is 0 Å². The standard InChI is InChI=1S/C20H18BrF2N3O/c1-26(20(27)17-8-7-15(23)11-18(17)21)9-3-6-16-12-19(25-24-16)13-4-2-5-14(22)10-13/h2,4-5,7-8,10-12H,3,6,9H2,1H3,(H,24,25). The number of nitrogens with one attached hydrogen (secondary N) is 1. The molecule has 1 heterocycles. The first kappa shape index (κ1) is 19.2. The molecule has 3 rings (SSSR count). The zero-order valence-electron chi connectivity index (χ0n) is 14.7. The minimum absolute atomic E-state index is 0.174. The quantitative estimate of drug-likeness (QED) is 0.605. The molecule has 2 aromatic carbocycles. The van der Waals surface area contributed by atoms with Gasteiger partial charge < -0.3 is 4.90 Å². The van der Waals surface area contributed by atoms with E-state index in [1.54, 1.807) is 24.1 Å². The summed E-state index contributed by atoms with van der Waals surface area (Å²) in [5, 5.41) is 7.16. The van der Waals surface area contributed by atoms with Crippen LogP contribution in [0, 0.1) is 11.6 Å². The first-order valence-corrected chi connectivity index (χ1v) is 9.24. The van der Waals surface area contributed by atoms with E-state index < -0.39 is 5.82 Å². The predicted octanol–water partition coefficient (Wildman–Crippen LogP) is 4.82. The van der Waals surface area contributed by atoms with Gasteiger partial charge in [-0.1, -0.05) is 12.1 Å². The van der Waals surface area contributed by atoms with Gasteiger partial charge >= 0.3 is 0 Å². The third-order valence-electron chi connectivity index (χ3n) is 4.20. The molecule has 0 aliphatic carbocycles. The van der Waals surface area contributed by atoms with Crippen LogP contribution in [-0.2, 0) is 6.42 Å². The van der Waals surface area contributed by atoms with Crippen molar-refractivity contribution in [2.75, 3.05) is 13.6 Å². The van der Waals surface area contributed by atoms with Crippen LogP contribution in [-0.4, -0.2) is 34.6 Å². The lowest BCUT2D eigenvalue weighted by molar-refractivity contribution is 0.0792. The number of rotatable bonds is 6. The summed E-state index contributed by atoms with van der Waals surface area (Å²) in [6.07, 6.45) is 1.43. The van der Waals surface area contributed by atoms with Crippen molar-refractivity contribution in [2.24, 2.45) is 0 Å². The van der Waals surface area contributed by atoms with Crippen molar-refractivity contribution in [3.63, 3.8) is 0 Å². The Morgan fingerprint density at radius 3 is 2.67 bits per heavy atom. The van der Waals surface area contributed by atoms with E-state index in [9.17, 15) is 13.6 Å². The van der Waals surface area contributed by atoms with Crippen LogP contribution in [0.4, 0.5) is 8.78 Å². The Bertz CT molecular complexity index is 958. The molecular weight excluding hydrogens is 416 g/mol. The van der Waals surface area contributed by atoms with Crippen molar-refractivity contribution in [1.29, 1.82) is 0 Å². The SMILES string of the molecule is CN(CCCc1cc(-c2cccc(F)c2)n[nH]1)C(=O)c1ccc(F)cc1Br. The molecule has 0 aliphatic heterocycles. The van der Waals surface area contributed by atoms with Gasteiger partial charge in [0.05, 0.1) is 11.3 Å². The van der Waals surface area contributed by atoms with E-state index in [1.807, 2.05) is 6.07 Å². The Hall–Kier alpha value is -2.54. The van der Waals surface area contributed by atoms with Crippen molar-refractivity contribution in [2.45, 2.75) is 12.8 Å². The van der Waals surface area contributed by atoms with Crippen LogP contribution >= 0.6 is 15.9 Å². The summed E-state index contributed by atoms with van der Waals surface area (Å²) in [6, 6.07) is 12.2. The minimum atomic E-state index is -0.394. The molecule has 1 aromatic heterocycles. The highest BCUT2D eigenvalue weighted by atomic mass is 79.9. The Labute approximate surface area is 164 Å². The smallest absolute Gasteiger partial charge is 0.254 e. The molecule has 140 valence electrons. The van der Waals surface area contributed by atoms with E-state index in [1.165, 1.54) is 30.3 Å². The summed E-state index contributed by atoms with van der Waals surface area (Å²) in [7, 11) is 1.71. The highest BCUT2D eigenvalue weighted by molar-refractivity contribution is 9.10. The molecule has 27 heavy (non-hydrogen) atoms. The summed E-state index contributed by atoms with van der Waals surface area (Å²) in [5.41, 5.74) is 2.74. The second-order valence-electron chi connectivity index (χ2n) is 6.24. The van der Waals surface area contributed by atoms with Crippen molar-refractivity contribution < 1.29 is 13.6 Å². The molecule has 0 saturated heterocycles. The maximum Gasteiger partial charge on any atom is 0.254 e. The Morgan fingerprint density at radius 1 is 1.15 bits per heavy atom. The number of aryl methyl sites for hydroxylation is 1. The molecule has 1 N–H and O–H groups in total. The van der Waals surface area contributed by atoms with Crippen LogP contribution in [0.15, 0.2) is 53.0 Å². The summed E-state index contributed by atoms with van der Waals surface area (Å²) < 4.78 is 26.9. The van der Waals surface area contributed by atoms with E-state index in [4.69, 9.17) is 0 Å². The minimum Gasteiger partial charge on any atom is -0.342 e. The number of benzene rings is 2. The molecule has 4 nitrogen and oxygen atoms in total. The van der Waals surface area contributed by atoms with Gasteiger partial charge in [-0.2, -0.15) is 5.10 Å². The molecule has 0 spiro atoms. The molecule has 7 heteroatoms. The van der Waals surface area contributed by atoms with Gasteiger partial charge in [0.1, 0.15) is 11.6 Å². The molecule has 3 aromatic rings. The molecule has 1 amide bonds. The zero-order chi connectivity index (χ0) is 19.4. The highest BCUT2D eigenvalue weighted by Gasteiger charge is 2.15. The first-order valence-electron chi connectivity index (χ1n) is 8.45. The molecule has 0 fully saturated rings. The van der Waals surface area contributed by atoms with Gasteiger partial charge in [-0.3, -0.25) is 9.89 Å². The molecule has 0 saturated carbocycles. The van der Waals surface area contributed by atoms with Crippen LogP contribution in [0.1, 0.15) is 22.5 Å². The third-order valence-corrected chi connectivity index (χ3v) is 4.86. The molecule has 0 unspecified atom stereocenters. The number of H-pyrrole nitrogens is 1. The van der Waals surface area contributed by atoms with Crippen LogP contribution in [0.25, 0.3) is 11.3 Å². The fourth-order valence-corrected chi connectivity index (χ4v) is 3.28. The van der Waals surface area contributed by atoms with Gasteiger partial charge in [0.15, 0.2) is 0 Å². The van der Waals surface area contributed by atoms with E-state index in [-0.39, 0.29) is 11.7 Å². The highest BCUT2D eigenvalue weighted by Crippen LogP contribution is 2.21. The molecule has 0 bridgehead atoms. The van der Waals surface area contributed by atoms with Crippen molar-refractivity contribution in [3.8, 4) is 11.3 Å². The number of carbonyl (C=O) groups is 1. The first-order chi connectivity index (χ1) is 12.9. The second kappa shape index (κ2) is 8.43. The third kappa shape index (κ3) is 4.80. The van der Waals surface area contributed by atoms with E-state index in [0.29, 0.717) is 34.3 Å². The number of aromatic amines is 1. The maximum atomic E-state index is 13.3.